The van der Waals surface area contributed by atoms with E-state index in [1.54, 1.807) is 12.3 Å². The molecule has 1 aromatic rings. The number of sulfone groups is 1. The van der Waals surface area contributed by atoms with Gasteiger partial charge in [0.2, 0.25) is 0 Å². The fourth-order valence-corrected chi connectivity index (χ4v) is 4.55. The van der Waals surface area contributed by atoms with E-state index in [-0.39, 0.29) is 11.0 Å². The molecule has 0 saturated carbocycles. The molecule has 0 aromatic carbocycles. The second-order valence-corrected chi connectivity index (χ2v) is 8.02. The van der Waals surface area contributed by atoms with Gasteiger partial charge in [0.05, 0.1) is 16.7 Å². The third kappa shape index (κ3) is 7.07. The minimum absolute atomic E-state index is 0.0769. The maximum Gasteiger partial charge on any atom is 0.158 e. The smallest absolute Gasteiger partial charge is 0.158 e. The first-order valence-corrected chi connectivity index (χ1v) is 9.93. The summed E-state index contributed by atoms with van der Waals surface area (Å²) >= 11 is 0. The zero-order chi connectivity index (χ0) is 15.6. The maximum absolute atomic E-state index is 12.6. The largest absolute Gasteiger partial charge is 0.260 e. The van der Waals surface area contributed by atoms with Gasteiger partial charge in [-0.3, -0.25) is 4.98 Å². The molecule has 4 heteroatoms. The fraction of sp³-hybridized carbons (Fsp3) is 0.706. The Hall–Kier alpha value is -0.900. The summed E-state index contributed by atoms with van der Waals surface area (Å²) < 4.78 is 25.1. The fourth-order valence-electron chi connectivity index (χ4n) is 2.61. The van der Waals surface area contributed by atoms with Crippen molar-refractivity contribution in [2.45, 2.75) is 76.2 Å². The number of hydrogen-bond donors (Lipinski definition) is 0. The first-order chi connectivity index (χ1) is 10.1. The Morgan fingerprint density at radius 2 is 1.76 bits per heavy atom. The average Bonchev–Trinajstić information content (AvgIpc) is 2.46. The van der Waals surface area contributed by atoms with E-state index in [1.807, 2.05) is 12.1 Å². The van der Waals surface area contributed by atoms with E-state index in [1.165, 1.54) is 19.3 Å². The summed E-state index contributed by atoms with van der Waals surface area (Å²) in [5, 5.41) is -0.203. The molecular weight excluding hydrogens is 282 g/mol. The summed E-state index contributed by atoms with van der Waals surface area (Å²) in [5.74, 6) is 0.0769. The van der Waals surface area contributed by atoms with Gasteiger partial charge in [0.25, 0.3) is 0 Å². The summed E-state index contributed by atoms with van der Waals surface area (Å²) in [6.45, 7) is 4.25. The number of nitrogens with zero attached hydrogens (tertiary/aromatic N) is 1. The molecule has 21 heavy (non-hydrogen) atoms. The van der Waals surface area contributed by atoms with Gasteiger partial charge < -0.3 is 0 Å². The van der Waals surface area contributed by atoms with Crippen LogP contribution in [0.2, 0.25) is 0 Å². The molecule has 0 aliphatic carbocycles. The van der Waals surface area contributed by atoms with Crippen LogP contribution in [0.5, 0.6) is 0 Å². The first kappa shape index (κ1) is 18.1. The van der Waals surface area contributed by atoms with Crippen LogP contribution in [0, 0.1) is 0 Å². The normalized spacial score (nSPS) is 13.2. The molecule has 0 fully saturated rings. The van der Waals surface area contributed by atoms with Gasteiger partial charge in [0, 0.05) is 6.20 Å². The molecule has 0 aliphatic rings. The number of rotatable bonds is 11. The van der Waals surface area contributed by atoms with E-state index in [2.05, 4.69) is 18.8 Å². The molecule has 1 aromatic heterocycles. The molecule has 1 atom stereocenters. The molecule has 120 valence electrons. The predicted octanol–water partition coefficient (Wildman–Crippen LogP) is 4.53. The van der Waals surface area contributed by atoms with Crippen molar-refractivity contribution in [2.75, 3.05) is 0 Å². The van der Waals surface area contributed by atoms with E-state index in [4.69, 9.17) is 0 Å². The van der Waals surface area contributed by atoms with Gasteiger partial charge in [-0.25, -0.2) is 8.42 Å². The summed E-state index contributed by atoms with van der Waals surface area (Å²) in [5.41, 5.74) is 0.657. The number of unbranched alkanes of at least 4 members (excludes halogenated alkanes) is 4. The Morgan fingerprint density at radius 1 is 1.00 bits per heavy atom. The van der Waals surface area contributed by atoms with Gasteiger partial charge in [-0.1, -0.05) is 58.4 Å². The third-order valence-corrected chi connectivity index (χ3v) is 6.01. The Bertz CT molecular complexity index is 471. The second kappa shape index (κ2) is 9.93. The lowest BCUT2D eigenvalue weighted by molar-refractivity contribution is 0.533. The van der Waals surface area contributed by atoms with Crippen molar-refractivity contribution < 1.29 is 8.42 Å². The Labute approximate surface area is 130 Å². The van der Waals surface area contributed by atoms with Crippen LogP contribution in [0.1, 0.15) is 70.9 Å². The topological polar surface area (TPSA) is 47.0 Å². The van der Waals surface area contributed by atoms with Crippen LogP contribution in [-0.4, -0.2) is 18.7 Å². The van der Waals surface area contributed by atoms with Crippen LogP contribution in [0.4, 0.5) is 0 Å². The van der Waals surface area contributed by atoms with Gasteiger partial charge in [-0.05, 0) is 25.0 Å². The van der Waals surface area contributed by atoms with E-state index < -0.39 is 9.84 Å². The van der Waals surface area contributed by atoms with Crippen LogP contribution >= 0.6 is 0 Å². The molecule has 0 N–H and O–H groups in total. The van der Waals surface area contributed by atoms with Crippen molar-refractivity contribution >= 4 is 9.84 Å². The van der Waals surface area contributed by atoms with E-state index in [0.29, 0.717) is 5.69 Å². The van der Waals surface area contributed by atoms with E-state index in [0.717, 1.165) is 32.1 Å². The minimum Gasteiger partial charge on any atom is -0.260 e. The van der Waals surface area contributed by atoms with Crippen LogP contribution in [0.15, 0.2) is 24.4 Å². The molecule has 0 aliphatic heterocycles. The molecule has 0 radical (unpaired) electrons. The molecule has 1 unspecified atom stereocenters. The molecule has 1 heterocycles. The van der Waals surface area contributed by atoms with Crippen LogP contribution in [0.25, 0.3) is 0 Å². The molecular formula is C17H29NO2S. The SMILES string of the molecule is CCCCCCCC(CCC)S(=O)(=O)Cc1ccccn1. The second-order valence-electron chi connectivity index (χ2n) is 5.74. The highest BCUT2D eigenvalue weighted by atomic mass is 32.2. The Kier molecular flexibility index (Phi) is 8.58. The number of hydrogen-bond acceptors (Lipinski definition) is 3. The van der Waals surface area contributed by atoms with Crippen molar-refractivity contribution in [2.24, 2.45) is 0 Å². The van der Waals surface area contributed by atoms with Crippen molar-refractivity contribution in [3.63, 3.8) is 0 Å². The minimum atomic E-state index is -3.09. The lowest BCUT2D eigenvalue weighted by Gasteiger charge is -2.16. The maximum atomic E-state index is 12.6. The highest BCUT2D eigenvalue weighted by Crippen LogP contribution is 2.20. The van der Waals surface area contributed by atoms with Crippen molar-refractivity contribution in [1.82, 2.24) is 4.98 Å². The van der Waals surface area contributed by atoms with Crippen molar-refractivity contribution in [1.29, 1.82) is 0 Å². The third-order valence-electron chi connectivity index (χ3n) is 3.82. The molecule has 0 saturated heterocycles. The summed E-state index contributed by atoms with van der Waals surface area (Å²) in [6, 6.07) is 5.45. The lowest BCUT2D eigenvalue weighted by atomic mass is 10.1. The van der Waals surface area contributed by atoms with Crippen molar-refractivity contribution in [3.8, 4) is 0 Å². The summed E-state index contributed by atoms with van der Waals surface area (Å²) in [4.78, 5) is 4.15. The van der Waals surface area contributed by atoms with Crippen LogP contribution in [-0.2, 0) is 15.6 Å². The average molecular weight is 311 g/mol. The molecule has 0 spiro atoms. The van der Waals surface area contributed by atoms with Crippen LogP contribution in [0.3, 0.4) is 0 Å². The Balaban J connectivity index is 2.56. The highest BCUT2D eigenvalue weighted by Gasteiger charge is 2.24. The van der Waals surface area contributed by atoms with Gasteiger partial charge >= 0.3 is 0 Å². The lowest BCUT2D eigenvalue weighted by Crippen LogP contribution is -2.23. The molecule has 0 amide bonds. The molecule has 0 bridgehead atoms. The zero-order valence-electron chi connectivity index (χ0n) is 13.4. The van der Waals surface area contributed by atoms with E-state index in [9.17, 15) is 8.42 Å². The quantitative estimate of drug-likeness (QED) is 0.564. The van der Waals surface area contributed by atoms with Crippen LogP contribution < -0.4 is 0 Å². The molecule has 1 rings (SSSR count). The zero-order valence-corrected chi connectivity index (χ0v) is 14.2. The molecule has 3 nitrogen and oxygen atoms in total. The monoisotopic (exact) mass is 311 g/mol. The first-order valence-electron chi connectivity index (χ1n) is 8.21. The summed E-state index contributed by atoms with van der Waals surface area (Å²) in [7, 11) is -3.09. The van der Waals surface area contributed by atoms with Crippen molar-refractivity contribution in [3.05, 3.63) is 30.1 Å². The standard InChI is InChI=1S/C17H29NO2S/c1-3-5-6-7-8-13-17(11-4-2)21(19,20)15-16-12-9-10-14-18-16/h9-10,12,14,17H,3-8,11,13,15H2,1-2H3. The van der Waals surface area contributed by atoms with Gasteiger partial charge in [0.15, 0.2) is 9.84 Å². The predicted molar refractivity (Wildman–Crippen MR) is 88.9 cm³/mol. The number of aromatic nitrogens is 1. The Morgan fingerprint density at radius 3 is 2.38 bits per heavy atom. The highest BCUT2D eigenvalue weighted by molar-refractivity contribution is 7.91. The van der Waals surface area contributed by atoms with E-state index >= 15 is 0 Å². The number of pyridine rings is 1. The summed E-state index contributed by atoms with van der Waals surface area (Å²) in [6.07, 6.45) is 9.99. The van der Waals surface area contributed by atoms with Gasteiger partial charge in [-0.2, -0.15) is 0 Å². The van der Waals surface area contributed by atoms with Gasteiger partial charge in [0.1, 0.15) is 0 Å². The van der Waals surface area contributed by atoms with Gasteiger partial charge in [-0.15, -0.1) is 0 Å².